The second kappa shape index (κ2) is 63.2. The highest BCUT2D eigenvalue weighted by Crippen LogP contribution is 2.43. The summed E-state index contributed by atoms with van der Waals surface area (Å²) >= 11 is 0. The second-order valence-electron chi connectivity index (χ2n) is 21.5. The van der Waals surface area contributed by atoms with Gasteiger partial charge in [-0.1, -0.05) is 246 Å². The average Bonchev–Trinajstić information content (AvgIpc) is 3.50. The van der Waals surface area contributed by atoms with E-state index in [4.69, 9.17) is 23.3 Å². The number of carbonyl (C=O) groups excluding carboxylic acids is 3. The topological polar surface area (TPSA) is 155 Å². The maximum atomic E-state index is 13.0. The molecule has 0 aromatic carbocycles. The number of allylic oxidation sites excluding steroid dienone is 18. The monoisotopic (exact) mass is 1170 g/mol. The number of carbonyl (C=O) groups is 3. The minimum atomic E-state index is -4.77. The summed E-state index contributed by atoms with van der Waals surface area (Å²) in [7, 11) is -4.77. The number of phosphoric acid groups is 1. The van der Waals surface area contributed by atoms with Crippen molar-refractivity contribution in [3.8, 4) is 0 Å². The number of ether oxygens (including phenoxy) is 3. The van der Waals surface area contributed by atoms with E-state index >= 15 is 0 Å². The molecule has 470 valence electrons. The van der Waals surface area contributed by atoms with Crippen LogP contribution in [0.3, 0.4) is 0 Å². The molecular weight excluding hydrogens is 1050 g/mol. The van der Waals surface area contributed by atoms with Crippen LogP contribution in [0.25, 0.3) is 0 Å². The highest BCUT2D eigenvalue weighted by atomic mass is 31.2. The third-order valence-electron chi connectivity index (χ3n) is 13.7. The lowest BCUT2D eigenvalue weighted by molar-refractivity contribution is -0.161. The molecule has 3 unspecified atom stereocenters. The molecule has 12 heteroatoms. The predicted molar refractivity (Wildman–Crippen MR) is 343 cm³/mol. The Morgan fingerprint density at radius 3 is 0.976 bits per heavy atom. The molecule has 3 atom stereocenters. The van der Waals surface area contributed by atoms with Gasteiger partial charge in [-0.2, -0.15) is 0 Å². The van der Waals surface area contributed by atoms with E-state index in [2.05, 4.69) is 130 Å². The van der Waals surface area contributed by atoms with E-state index in [0.717, 1.165) is 148 Å². The summed E-state index contributed by atoms with van der Waals surface area (Å²) in [5.74, 6) is -1.50. The van der Waals surface area contributed by atoms with Gasteiger partial charge in [-0.25, -0.2) is 4.57 Å². The van der Waals surface area contributed by atoms with Crippen LogP contribution >= 0.6 is 7.82 Å². The van der Waals surface area contributed by atoms with Crippen LogP contribution < -0.4 is 0 Å². The normalized spacial score (nSPS) is 14.0. The number of hydrogen-bond donors (Lipinski definition) is 2. The molecule has 0 aliphatic rings. The molecule has 0 amide bonds. The van der Waals surface area contributed by atoms with Crippen molar-refractivity contribution in [2.24, 2.45) is 0 Å². The van der Waals surface area contributed by atoms with Crippen molar-refractivity contribution in [2.45, 2.75) is 290 Å². The first-order chi connectivity index (χ1) is 40.2. The van der Waals surface area contributed by atoms with Gasteiger partial charge in [0.05, 0.1) is 19.8 Å². The molecule has 0 aliphatic heterocycles. The highest BCUT2D eigenvalue weighted by Gasteiger charge is 2.28. The zero-order valence-corrected chi connectivity index (χ0v) is 53.1. The third-order valence-corrected chi connectivity index (χ3v) is 14.6. The van der Waals surface area contributed by atoms with E-state index in [1.54, 1.807) is 0 Å². The molecular formula is C70H119O11P. The molecule has 11 nitrogen and oxygen atoms in total. The quantitative estimate of drug-likeness (QED) is 0.0197. The lowest BCUT2D eigenvalue weighted by Gasteiger charge is -2.21. The fourth-order valence-corrected chi connectivity index (χ4v) is 9.53. The first-order valence-corrected chi connectivity index (χ1v) is 34.3. The molecule has 0 aromatic rings. The number of rotatable bonds is 60. The summed E-state index contributed by atoms with van der Waals surface area (Å²) in [6.07, 6.45) is 77.4. The fraction of sp³-hybridized carbons (Fsp3) is 0.700. The first-order valence-electron chi connectivity index (χ1n) is 32.8. The van der Waals surface area contributed by atoms with Gasteiger partial charge >= 0.3 is 25.7 Å². The Morgan fingerprint density at radius 1 is 0.354 bits per heavy atom. The van der Waals surface area contributed by atoms with Gasteiger partial charge in [0, 0.05) is 19.3 Å². The van der Waals surface area contributed by atoms with Gasteiger partial charge < -0.3 is 24.2 Å². The Bertz CT molecular complexity index is 1790. The highest BCUT2D eigenvalue weighted by molar-refractivity contribution is 7.47. The first kappa shape index (κ1) is 78.1. The molecule has 0 fully saturated rings. The summed E-state index contributed by atoms with van der Waals surface area (Å²) in [6, 6.07) is 0. The second-order valence-corrected chi connectivity index (χ2v) is 23.0. The predicted octanol–water partition coefficient (Wildman–Crippen LogP) is 20.1. The summed E-state index contributed by atoms with van der Waals surface area (Å²) in [6.45, 7) is 4.39. The van der Waals surface area contributed by atoms with E-state index < -0.39 is 57.8 Å². The summed E-state index contributed by atoms with van der Waals surface area (Å²) < 4.78 is 39.7. The molecule has 0 saturated carbocycles. The van der Waals surface area contributed by atoms with E-state index in [9.17, 15) is 28.9 Å². The van der Waals surface area contributed by atoms with Crippen LogP contribution in [0.5, 0.6) is 0 Å². The molecule has 0 aliphatic carbocycles. The standard InChI is InChI=1S/C70H119O11P/c1-4-7-10-13-16-19-22-25-28-31-33-36-39-42-45-48-51-54-57-60-69(73)80-66(62-71)64-78-82(75,76)79-65-67(63-77-68(72)59-56-53-50-47-44-41-38-35-30-27-24-21-18-15-12-9-6-3)81-70(74)61-58-55-52-49-46-43-40-37-34-32-29-26-23-20-17-14-11-8-5-2/h8-9,11-12,16-21,25-30,34,37,66-67,71H,4-7,10,13-15,22-24,31-33,35-36,38-65H2,1-3H3,(H,75,76)/b11-8-,12-9-,19-16-,20-17-,21-18-,28-25-,29-26-,30-27-,37-34-. The Balaban J connectivity index is 4.72. The Labute approximate surface area is 501 Å². The number of hydrogen-bond acceptors (Lipinski definition) is 10. The van der Waals surface area contributed by atoms with Crippen molar-refractivity contribution in [3.05, 3.63) is 109 Å². The van der Waals surface area contributed by atoms with E-state index in [1.807, 2.05) is 0 Å². The van der Waals surface area contributed by atoms with E-state index in [1.165, 1.54) is 70.6 Å². The van der Waals surface area contributed by atoms with Crippen LogP contribution in [-0.2, 0) is 42.2 Å². The van der Waals surface area contributed by atoms with Crippen LogP contribution in [0.2, 0.25) is 0 Å². The van der Waals surface area contributed by atoms with Crippen molar-refractivity contribution in [2.75, 3.05) is 26.4 Å². The number of unbranched alkanes of at least 4 members (excludes halogenated alkanes) is 25. The van der Waals surface area contributed by atoms with Gasteiger partial charge in [-0.15, -0.1) is 0 Å². The van der Waals surface area contributed by atoms with Crippen molar-refractivity contribution in [1.82, 2.24) is 0 Å². The third kappa shape index (κ3) is 60.7. The number of aliphatic hydroxyl groups is 1. The maximum absolute atomic E-state index is 13.0. The van der Waals surface area contributed by atoms with Crippen LogP contribution in [0, 0.1) is 0 Å². The molecule has 2 N–H and O–H groups in total. The lowest BCUT2D eigenvalue weighted by Crippen LogP contribution is -2.30. The zero-order valence-electron chi connectivity index (χ0n) is 52.2. The lowest BCUT2D eigenvalue weighted by atomic mass is 10.1. The molecule has 0 rings (SSSR count). The summed E-state index contributed by atoms with van der Waals surface area (Å²) in [4.78, 5) is 48.8. The Morgan fingerprint density at radius 2 is 0.634 bits per heavy atom. The van der Waals surface area contributed by atoms with Crippen molar-refractivity contribution < 1.29 is 52.2 Å². The van der Waals surface area contributed by atoms with Gasteiger partial charge in [0.25, 0.3) is 0 Å². The van der Waals surface area contributed by atoms with Gasteiger partial charge in [0.1, 0.15) is 12.7 Å². The van der Waals surface area contributed by atoms with Crippen molar-refractivity contribution in [1.29, 1.82) is 0 Å². The van der Waals surface area contributed by atoms with Gasteiger partial charge in [0.15, 0.2) is 6.10 Å². The number of phosphoric ester groups is 1. The van der Waals surface area contributed by atoms with Gasteiger partial charge in [-0.05, 0) is 122 Å². The average molecular weight is 1170 g/mol. The number of esters is 3. The van der Waals surface area contributed by atoms with Crippen molar-refractivity contribution >= 4 is 25.7 Å². The minimum absolute atomic E-state index is 0.144. The maximum Gasteiger partial charge on any atom is 0.472 e. The summed E-state index contributed by atoms with van der Waals surface area (Å²) in [5.41, 5.74) is 0. The zero-order chi connectivity index (χ0) is 59.8. The van der Waals surface area contributed by atoms with E-state index in [-0.39, 0.29) is 25.9 Å². The van der Waals surface area contributed by atoms with Crippen LogP contribution in [0.4, 0.5) is 0 Å². The smallest absolute Gasteiger partial charge is 0.462 e. The minimum Gasteiger partial charge on any atom is -0.462 e. The van der Waals surface area contributed by atoms with Gasteiger partial charge in [0.2, 0.25) is 0 Å². The van der Waals surface area contributed by atoms with E-state index in [0.29, 0.717) is 19.3 Å². The molecule has 0 bridgehead atoms. The Kier molecular flexibility index (Phi) is 60.2. The molecule has 82 heavy (non-hydrogen) atoms. The fourth-order valence-electron chi connectivity index (χ4n) is 8.75. The Hall–Kier alpha value is -3.86. The molecule has 0 heterocycles. The van der Waals surface area contributed by atoms with Crippen molar-refractivity contribution in [3.63, 3.8) is 0 Å². The largest absolute Gasteiger partial charge is 0.472 e. The van der Waals surface area contributed by atoms with Crippen LogP contribution in [-0.4, -0.2) is 66.5 Å². The number of aliphatic hydroxyl groups excluding tert-OH is 1. The molecule has 0 saturated heterocycles. The van der Waals surface area contributed by atoms with Crippen LogP contribution in [0.15, 0.2) is 109 Å². The molecule has 0 aromatic heterocycles. The SMILES string of the molecule is CC/C=C\C/C=C\C/C=C\C/C=C\CCCCCCCCC(=O)OC(COC(=O)CCCCCCCCC/C=C\C/C=C\C/C=C\CC)COP(=O)(O)OCC(CO)OC(=O)CCCCCCCCCCC/C=C\C/C=C\CCCCC. The van der Waals surface area contributed by atoms with Crippen LogP contribution in [0.1, 0.15) is 278 Å². The van der Waals surface area contributed by atoms with Gasteiger partial charge in [-0.3, -0.25) is 23.4 Å². The molecule has 0 radical (unpaired) electrons. The molecule has 0 spiro atoms. The summed E-state index contributed by atoms with van der Waals surface area (Å²) in [5, 5.41) is 9.87.